The van der Waals surface area contributed by atoms with E-state index in [0.29, 0.717) is 15.9 Å². The molecule has 0 saturated carbocycles. The number of carbonyl (C=O) groups excluding carboxylic acids is 1. The summed E-state index contributed by atoms with van der Waals surface area (Å²) >= 11 is 2.94. The molecule has 0 heterocycles. The lowest BCUT2D eigenvalue weighted by Gasteiger charge is -2.23. The topological polar surface area (TPSA) is 34.1 Å². The Morgan fingerprint density at radius 3 is 1.52 bits per heavy atom. The standard InChI is InChI=1S/C18H19O2PS2/c1-14(19)17(18(22-2)23-3)21(20,15-10-6-4-7-11-15)16-12-8-5-9-13-16/h4-13H,1-3H3. The van der Waals surface area contributed by atoms with Crippen molar-refractivity contribution in [1.29, 1.82) is 0 Å². The van der Waals surface area contributed by atoms with Gasteiger partial charge >= 0.3 is 0 Å². The van der Waals surface area contributed by atoms with Crippen molar-refractivity contribution >= 4 is 47.1 Å². The predicted molar refractivity (Wildman–Crippen MR) is 104 cm³/mol. The zero-order chi connectivity index (χ0) is 16.9. The zero-order valence-corrected chi connectivity index (χ0v) is 15.9. The first-order chi connectivity index (χ1) is 11.1. The maximum Gasteiger partial charge on any atom is 0.176 e. The molecule has 0 saturated heterocycles. The Bertz CT molecular complexity index is 706. The molecule has 0 aliphatic rings. The Morgan fingerprint density at radius 2 is 1.22 bits per heavy atom. The molecule has 0 spiro atoms. The predicted octanol–water partition coefficient (Wildman–Crippen LogP) is 4.48. The summed E-state index contributed by atoms with van der Waals surface area (Å²) in [5.74, 6) is -0.139. The minimum absolute atomic E-state index is 0.139. The van der Waals surface area contributed by atoms with Crippen molar-refractivity contribution in [3.63, 3.8) is 0 Å². The van der Waals surface area contributed by atoms with Gasteiger partial charge in [0, 0.05) is 10.6 Å². The Hall–Kier alpha value is -1.22. The third-order valence-corrected chi connectivity index (χ3v) is 9.12. The fourth-order valence-corrected chi connectivity index (χ4v) is 7.81. The average molecular weight is 362 g/mol. The highest BCUT2D eigenvalue weighted by molar-refractivity contribution is 8.22. The molecule has 23 heavy (non-hydrogen) atoms. The van der Waals surface area contributed by atoms with E-state index in [4.69, 9.17) is 0 Å². The third-order valence-electron chi connectivity index (χ3n) is 3.45. The van der Waals surface area contributed by atoms with Crippen molar-refractivity contribution < 1.29 is 9.36 Å². The maximum absolute atomic E-state index is 14.2. The van der Waals surface area contributed by atoms with E-state index >= 15 is 0 Å². The monoisotopic (exact) mass is 362 g/mol. The second-order valence-corrected chi connectivity index (χ2v) is 9.47. The van der Waals surface area contributed by atoms with Crippen LogP contribution < -0.4 is 10.6 Å². The number of benzene rings is 2. The average Bonchev–Trinajstić information content (AvgIpc) is 2.60. The van der Waals surface area contributed by atoms with Crippen LogP contribution in [-0.4, -0.2) is 18.3 Å². The van der Waals surface area contributed by atoms with Crippen LogP contribution in [0, 0.1) is 0 Å². The molecule has 0 aromatic heterocycles. The van der Waals surface area contributed by atoms with Crippen LogP contribution in [0.1, 0.15) is 6.92 Å². The van der Waals surface area contributed by atoms with Gasteiger partial charge < -0.3 is 4.57 Å². The quantitative estimate of drug-likeness (QED) is 0.560. The molecule has 0 aliphatic carbocycles. The van der Waals surface area contributed by atoms with Gasteiger partial charge in [0.1, 0.15) is 0 Å². The summed E-state index contributed by atoms with van der Waals surface area (Å²) < 4.78 is 15.0. The number of allylic oxidation sites excluding steroid dienone is 1. The van der Waals surface area contributed by atoms with Gasteiger partial charge in [-0.25, -0.2) is 0 Å². The molecule has 0 N–H and O–H groups in total. The second kappa shape index (κ2) is 8.05. The molecule has 2 aromatic rings. The minimum atomic E-state index is -3.19. The van der Waals surface area contributed by atoms with Crippen molar-refractivity contribution in [2.75, 3.05) is 12.5 Å². The van der Waals surface area contributed by atoms with Crippen molar-refractivity contribution in [1.82, 2.24) is 0 Å². The number of hydrogen-bond acceptors (Lipinski definition) is 4. The smallest absolute Gasteiger partial charge is 0.176 e. The summed E-state index contributed by atoms with van der Waals surface area (Å²) in [6.45, 7) is 1.50. The Balaban J connectivity index is 2.86. The van der Waals surface area contributed by atoms with E-state index in [9.17, 15) is 9.36 Å². The van der Waals surface area contributed by atoms with Crippen LogP contribution in [0.25, 0.3) is 0 Å². The SMILES string of the molecule is CSC(SC)=C(C(C)=O)P(=O)(c1ccccc1)c1ccccc1. The molecule has 0 unspecified atom stereocenters. The van der Waals surface area contributed by atoms with Crippen molar-refractivity contribution in [2.24, 2.45) is 0 Å². The first kappa shape index (κ1) is 18.1. The summed E-state index contributed by atoms with van der Waals surface area (Å²) in [5, 5.41) is 1.81. The number of Topliss-reactive ketones (excluding diaryl/α,β-unsaturated/α-hetero) is 1. The molecule has 0 aliphatic heterocycles. The van der Waals surface area contributed by atoms with Gasteiger partial charge in [0.2, 0.25) is 0 Å². The molecule has 2 rings (SSSR count). The molecule has 0 amide bonds. The molecule has 0 bridgehead atoms. The van der Waals surface area contributed by atoms with Crippen LogP contribution in [0.15, 0.2) is 70.2 Å². The molecular formula is C18H19O2PS2. The van der Waals surface area contributed by atoms with Gasteiger partial charge in [-0.05, 0) is 19.4 Å². The number of rotatable bonds is 6. The van der Waals surface area contributed by atoms with Crippen LogP contribution >= 0.6 is 30.7 Å². The van der Waals surface area contributed by atoms with E-state index in [1.807, 2.05) is 73.2 Å². The molecule has 0 radical (unpaired) electrons. The van der Waals surface area contributed by atoms with Crippen LogP contribution in [0.3, 0.4) is 0 Å². The van der Waals surface area contributed by atoms with Crippen molar-refractivity contribution in [3.05, 3.63) is 70.2 Å². The minimum Gasteiger partial charge on any atom is -0.308 e. The highest BCUT2D eigenvalue weighted by Gasteiger charge is 2.36. The number of hydrogen-bond donors (Lipinski definition) is 0. The highest BCUT2D eigenvalue weighted by Crippen LogP contribution is 2.56. The summed E-state index contributed by atoms with van der Waals surface area (Å²) in [6.07, 6.45) is 3.82. The largest absolute Gasteiger partial charge is 0.308 e. The van der Waals surface area contributed by atoms with E-state index in [1.54, 1.807) is 0 Å². The van der Waals surface area contributed by atoms with Gasteiger partial charge in [-0.3, -0.25) is 4.79 Å². The number of carbonyl (C=O) groups is 1. The Morgan fingerprint density at radius 1 is 0.826 bits per heavy atom. The number of thioether (sulfide) groups is 2. The third kappa shape index (κ3) is 3.65. The Labute approximate surface area is 146 Å². The van der Waals surface area contributed by atoms with Gasteiger partial charge in [0.15, 0.2) is 12.9 Å². The van der Waals surface area contributed by atoms with Gasteiger partial charge in [-0.15, -0.1) is 23.5 Å². The lowest BCUT2D eigenvalue weighted by Crippen LogP contribution is -2.20. The highest BCUT2D eigenvalue weighted by atomic mass is 32.2. The molecule has 0 fully saturated rings. The van der Waals surface area contributed by atoms with Gasteiger partial charge in [0.05, 0.1) is 9.55 Å². The molecular weight excluding hydrogens is 343 g/mol. The fourth-order valence-electron chi connectivity index (χ4n) is 2.45. The van der Waals surface area contributed by atoms with Gasteiger partial charge in [-0.1, -0.05) is 60.7 Å². The second-order valence-electron chi connectivity index (χ2n) is 4.88. The lowest BCUT2D eigenvalue weighted by molar-refractivity contribution is -0.113. The maximum atomic E-state index is 14.2. The van der Waals surface area contributed by atoms with Crippen LogP contribution in [0.2, 0.25) is 0 Å². The molecule has 5 heteroatoms. The summed E-state index contributed by atoms with van der Waals surface area (Å²) in [7, 11) is -3.19. The van der Waals surface area contributed by atoms with E-state index in [1.165, 1.54) is 30.4 Å². The van der Waals surface area contributed by atoms with Gasteiger partial charge in [-0.2, -0.15) is 0 Å². The van der Waals surface area contributed by atoms with E-state index in [2.05, 4.69) is 0 Å². The van der Waals surface area contributed by atoms with Gasteiger partial charge in [0.25, 0.3) is 0 Å². The molecule has 0 atom stereocenters. The van der Waals surface area contributed by atoms with E-state index in [-0.39, 0.29) is 5.78 Å². The zero-order valence-electron chi connectivity index (χ0n) is 13.4. The molecule has 120 valence electrons. The summed E-state index contributed by atoms with van der Waals surface area (Å²) in [4.78, 5) is 12.4. The van der Waals surface area contributed by atoms with Crippen molar-refractivity contribution in [3.8, 4) is 0 Å². The normalized spacial score (nSPS) is 11.1. The lowest BCUT2D eigenvalue weighted by atomic mass is 10.4. The van der Waals surface area contributed by atoms with E-state index in [0.717, 1.165) is 4.24 Å². The van der Waals surface area contributed by atoms with Crippen LogP contribution in [0.5, 0.6) is 0 Å². The first-order valence-corrected chi connectivity index (χ1v) is 11.3. The first-order valence-electron chi connectivity index (χ1n) is 7.10. The Kier molecular flexibility index (Phi) is 6.34. The van der Waals surface area contributed by atoms with Crippen LogP contribution in [0.4, 0.5) is 0 Å². The fraction of sp³-hybridized carbons (Fsp3) is 0.167. The van der Waals surface area contributed by atoms with Crippen LogP contribution in [-0.2, 0) is 9.36 Å². The van der Waals surface area contributed by atoms with Crippen molar-refractivity contribution in [2.45, 2.75) is 6.92 Å². The summed E-state index contributed by atoms with van der Waals surface area (Å²) in [6, 6.07) is 18.6. The molecule has 2 nitrogen and oxygen atoms in total. The van der Waals surface area contributed by atoms with E-state index < -0.39 is 7.14 Å². The number of ketones is 1. The summed E-state index contributed by atoms with van der Waals surface area (Å²) in [5.41, 5.74) is 0. The molecule has 2 aromatic carbocycles.